The molecule has 0 aliphatic rings. The number of carbonyl (C=O) groups is 1. The van der Waals surface area contributed by atoms with Gasteiger partial charge in [-0.05, 0) is 25.1 Å². The number of methoxy groups -OCH3 is 1. The van der Waals surface area contributed by atoms with Crippen molar-refractivity contribution in [1.29, 1.82) is 0 Å². The summed E-state index contributed by atoms with van der Waals surface area (Å²) >= 11 is 0. The summed E-state index contributed by atoms with van der Waals surface area (Å²) in [5, 5.41) is 20.9. The minimum atomic E-state index is -0.424. The topological polar surface area (TPSA) is 99.6 Å². The first-order valence-corrected chi connectivity index (χ1v) is 7.91. The third-order valence-corrected chi connectivity index (χ3v) is 3.81. The number of nitrogens with zero attached hydrogens (tertiary/aromatic N) is 2. The van der Waals surface area contributed by atoms with Crippen LogP contribution in [-0.2, 0) is 0 Å². The first-order valence-electron chi connectivity index (χ1n) is 7.91. The number of hydrazone groups is 1. The zero-order valence-electron chi connectivity index (χ0n) is 14.4. The molecule has 26 heavy (non-hydrogen) atoms. The number of benzene rings is 2. The minimum absolute atomic E-state index is 0.0211. The number of phenolic OH excluding ortho intramolecular Hbond substituents is 1. The number of hydrogen-bond acceptors (Lipinski definition) is 5. The van der Waals surface area contributed by atoms with E-state index in [9.17, 15) is 9.90 Å². The van der Waals surface area contributed by atoms with Gasteiger partial charge in [0.2, 0.25) is 0 Å². The predicted molar refractivity (Wildman–Crippen MR) is 98.4 cm³/mol. The van der Waals surface area contributed by atoms with E-state index < -0.39 is 5.91 Å². The molecule has 3 N–H and O–H groups in total. The zero-order chi connectivity index (χ0) is 18.5. The number of aromatic amines is 1. The molecule has 0 unspecified atom stereocenters. The fraction of sp³-hybridized carbons (Fsp3) is 0.105. The summed E-state index contributed by atoms with van der Waals surface area (Å²) in [4.78, 5) is 12.2. The SMILES string of the molecule is COc1ccc(/C(C)=N/NC(=O)c2cc(-c3ccccc3)n[nH]2)c(O)c1. The van der Waals surface area contributed by atoms with Crippen molar-refractivity contribution in [2.24, 2.45) is 5.10 Å². The van der Waals surface area contributed by atoms with Gasteiger partial charge < -0.3 is 9.84 Å². The summed E-state index contributed by atoms with van der Waals surface area (Å²) in [5.41, 5.74) is 5.28. The molecule has 1 amide bonds. The van der Waals surface area contributed by atoms with E-state index in [0.29, 0.717) is 28.4 Å². The zero-order valence-corrected chi connectivity index (χ0v) is 14.4. The molecule has 0 saturated heterocycles. The van der Waals surface area contributed by atoms with Gasteiger partial charge in [-0.2, -0.15) is 10.2 Å². The van der Waals surface area contributed by atoms with Gasteiger partial charge in [-0.25, -0.2) is 5.43 Å². The van der Waals surface area contributed by atoms with E-state index in [2.05, 4.69) is 20.7 Å². The molecule has 0 bridgehead atoms. The van der Waals surface area contributed by atoms with Gasteiger partial charge in [0, 0.05) is 17.2 Å². The quantitative estimate of drug-likeness (QED) is 0.486. The van der Waals surface area contributed by atoms with Crippen molar-refractivity contribution in [2.45, 2.75) is 6.92 Å². The second-order valence-corrected chi connectivity index (χ2v) is 5.55. The first kappa shape index (κ1) is 17.2. The Balaban J connectivity index is 1.72. The highest BCUT2D eigenvalue weighted by Crippen LogP contribution is 2.24. The number of aromatic hydroxyl groups is 1. The lowest BCUT2D eigenvalue weighted by Gasteiger charge is -2.06. The van der Waals surface area contributed by atoms with E-state index in [1.54, 1.807) is 25.1 Å². The molecule has 0 radical (unpaired) electrons. The second-order valence-electron chi connectivity index (χ2n) is 5.55. The van der Waals surface area contributed by atoms with Crippen molar-refractivity contribution >= 4 is 11.6 Å². The van der Waals surface area contributed by atoms with Crippen molar-refractivity contribution < 1.29 is 14.6 Å². The molecule has 132 valence electrons. The molecule has 3 rings (SSSR count). The van der Waals surface area contributed by atoms with Crippen LogP contribution in [0.25, 0.3) is 11.3 Å². The van der Waals surface area contributed by atoms with Gasteiger partial charge in [0.25, 0.3) is 5.91 Å². The van der Waals surface area contributed by atoms with Crippen molar-refractivity contribution in [3.05, 3.63) is 65.9 Å². The molecule has 0 spiro atoms. The fourth-order valence-corrected chi connectivity index (χ4v) is 2.39. The Bertz CT molecular complexity index is 948. The monoisotopic (exact) mass is 350 g/mol. The Kier molecular flexibility index (Phi) is 4.98. The van der Waals surface area contributed by atoms with E-state index in [1.165, 1.54) is 13.2 Å². The highest BCUT2D eigenvalue weighted by Gasteiger charge is 2.11. The molecule has 0 saturated carbocycles. The lowest BCUT2D eigenvalue weighted by atomic mass is 10.1. The summed E-state index contributed by atoms with van der Waals surface area (Å²) in [6.07, 6.45) is 0. The average molecular weight is 350 g/mol. The van der Waals surface area contributed by atoms with E-state index in [0.717, 1.165) is 5.56 Å². The largest absolute Gasteiger partial charge is 0.507 e. The Morgan fingerprint density at radius 2 is 1.96 bits per heavy atom. The van der Waals surface area contributed by atoms with Gasteiger partial charge in [-0.3, -0.25) is 9.89 Å². The number of H-pyrrole nitrogens is 1. The molecule has 0 aliphatic heterocycles. The van der Waals surface area contributed by atoms with Gasteiger partial charge in [-0.15, -0.1) is 0 Å². The molecule has 0 atom stereocenters. The van der Waals surface area contributed by atoms with Gasteiger partial charge in [0.05, 0.1) is 18.5 Å². The lowest BCUT2D eigenvalue weighted by Crippen LogP contribution is -2.19. The van der Waals surface area contributed by atoms with E-state index in [4.69, 9.17) is 4.74 Å². The third kappa shape index (κ3) is 3.72. The number of amides is 1. The number of rotatable bonds is 5. The Hall–Kier alpha value is -3.61. The first-order chi connectivity index (χ1) is 12.6. The minimum Gasteiger partial charge on any atom is -0.507 e. The average Bonchev–Trinajstić information content (AvgIpc) is 3.16. The van der Waals surface area contributed by atoms with Crippen LogP contribution in [0.2, 0.25) is 0 Å². The molecule has 1 heterocycles. The van der Waals surface area contributed by atoms with Crippen molar-refractivity contribution in [2.75, 3.05) is 7.11 Å². The number of aromatic nitrogens is 2. The maximum absolute atomic E-state index is 12.2. The summed E-state index contributed by atoms with van der Waals surface area (Å²) < 4.78 is 5.04. The number of carbonyl (C=O) groups excluding carboxylic acids is 1. The predicted octanol–water partition coefficient (Wildman–Crippen LogP) is 2.94. The van der Waals surface area contributed by atoms with Crippen molar-refractivity contribution in [3.63, 3.8) is 0 Å². The Morgan fingerprint density at radius 1 is 1.19 bits per heavy atom. The summed E-state index contributed by atoms with van der Waals surface area (Å²) in [6.45, 7) is 1.68. The number of phenols is 1. The van der Waals surface area contributed by atoms with E-state index in [1.807, 2.05) is 30.3 Å². The van der Waals surface area contributed by atoms with Gasteiger partial charge in [0.1, 0.15) is 17.2 Å². The van der Waals surface area contributed by atoms with Crippen molar-refractivity contribution in [1.82, 2.24) is 15.6 Å². The van der Waals surface area contributed by atoms with Crippen LogP contribution < -0.4 is 10.2 Å². The smallest absolute Gasteiger partial charge is 0.289 e. The molecular formula is C19H18N4O3. The summed E-state index contributed by atoms with van der Waals surface area (Å²) in [7, 11) is 1.52. The van der Waals surface area contributed by atoms with E-state index in [-0.39, 0.29) is 5.75 Å². The molecule has 2 aromatic carbocycles. The molecule has 0 aliphatic carbocycles. The third-order valence-electron chi connectivity index (χ3n) is 3.81. The van der Waals surface area contributed by atoms with Crippen LogP contribution in [0.3, 0.4) is 0 Å². The van der Waals surface area contributed by atoms with Crippen LogP contribution in [0.5, 0.6) is 11.5 Å². The Morgan fingerprint density at radius 3 is 2.65 bits per heavy atom. The number of nitrogens with one attached hydrogen (secondary N) is 2. The van der Waals surface area contributed by atoms with Crippen LogP contribution in [0.15, 0.2) is 59.7 Å². The highest BCUT2D eigenvalue weighted by atomic mass is 16.5. The molecule has 7 nitrogen and oxygen atoms in total. The van der Waals surface area contributed by atoms with Crippen LogP contribution >= 0.6 is 0 Å². The lowest BCUT2D eigenvalue weighted by molar-refractivity contribution is 0.0950. The van der Waals surface area contributed by atoms with Crippen LogP contribution in [0.4, 0.5) is 0 Å². The second kappa shape index (κ2) is 7.52. The van der Waals surface area contributed by atoms with Crippen LogP contribution in [0.1, 0.15) is 23.0 Å². The highest BCUT2D eigenvalue weighted by molar-refractivity contribution is 6.02. The molecule has 1 aromatic heterocycles. The van der Waals surface area contributed by atoms with Gasteiger partial charge >= 0.3 is 0 Å². The maximum Gasteiger partial charge on any atom is 0.289 e. The maximum atomic E-state index is 12.2. The number of hydrogen-bond donors (Lipinski definition) is 3. The standard InChI is InChI=1S/C19H18N4O3/c1-12(15-9-8-14(26-2)10-18(15)24)20-23-19(25)17-11-16(21-22-17)13-6-4-3-5-7-13/h3-11,24H,1-2H3,(H,21,22)(H,23,25)/b20-12+. The molecule has 0 fully saturated rings. The summed E-state index contributed by atoms with van der Waals surface area (Å²) in [6, 6.07) is 16.0. The Labute approximate surface area is 150 Å². The summed E-state index contributed by atoms with van der Waals surface area (Å²) in [5.74, 6) is 0.133. The molecule has 3 aromatic rings. The van der Waals surface area contributed by atoms with Crippen LogP contribution in [-0.4, -0.2) is 34.0 Å². The normalized spacial score (nSPS) is 11.2. The van der Waals surface area contributed by atoms with Gasteiger partial charge in [-0.1, -0.05) is 30.3 Å². The van der Waals surface area contributed by atoms with E-state index >= 15 is 0 Å². The van der Waals surface area contributed by atoms with Crippen molar-refractivity contribution in [3.8, 4) is 22.8 Å². The van der Waals surface area contributed by atoms with Gasteiger partial charge in [0.15, 0.2) is 0 Å². The van der Waals surface area contributed by atoms with Crippen LogP contribution in [0, 0.1) is 0 Å². The molecule has 7 heteroatoms. The fourth-order valence-electron chi connectivity index (χ4n) is 2.39. The molecular weight excluding hydrogens is 332 g/mol. The number of ether oxygens (including phenoxy) is 1.